The standard InChI is InChI=1S/C22H27N5O/c1-2-3-9-21(28)25-18-10-12-19(13-11-18)26-22-23-15-14-20(27-22)24-16-17-7-5-4-6-8-17/h10-15,17H,2,4-8,16H2,1H3,(H,25,28)(H2,23,24,26,27). The molecule has 1 saturated carbocycles. The van der Waals surface area contributed by atoms with Crippen LogP contribution >= 0.6 is 0 Å². The number of amides is 1. The van der Waals surface area contributed by atoms with E-state index in [0.717, 1.165) is 24.0 Å². The Kier molecular flexibility index (Phi) is 7.25. The average Bonchev–Trinajstić information content (AvgIpc) is 2.73. The maximum absolute atomic E-state index is 11.6. The van der Waals surface area contributed by atoms with Crippen LogP contribution in [0.25, 0.3) is 0 Å². The minimum absolute atomic E-state index is 0.303. The van der Waals surface area contributed by atoms with Crippen LogP contribution in [0.4, 0.5) is 23.1 Å². The highest BCUT2D eigenvalue weighted by Gasteiger charge is 2.13. The Labute approximate surface area is 166 Å². The molecule has 1 amide bonds. The summed E-state index contributed by atoms with van der Waals surface area (Å²) >= 11 is 0. The van der Waals surface area contributed by atoms with Crippen molar-refractivity contribution in [3.8, 4) is 11.8 Å². The molecule has 28 heavy (non-hydrogen) atoms. The molecule has 6 nitrogen and oxygen atoms in total. The summed E-state index contributed by atoms with van der Waals surface area (Å²) in [7, 11) is 0. The van der Waals surface area contributed by atoms with Crippen LogP contribution in [0.2, 0.25) is 0 Å². The minimum Gasteiger partial charge on any atom is -0.370 e. The van der Waals surface area contributed by atoms with Gasteiger partial charge in [0.1, 0.15) is 5.82 Å². The molecule has 1 aromatic heterocycles. The molecule has 3 rings (SSSR count). The molecule has 0 unspecified atom stereocenters. The molecule has 0 spiro atoms. The van der Waals surface area contributed by atoms with Gasteiger partial charge >= 0.3 is 0 Å². The van der Waals surface area contributed by atoms with Gasteiger partial charge in [0, 0.05) is 30.5 Å². The van der Waals surface area contributed by atoms with Crippen LogP contribution in [-0.2, 0) is 4.79 Å². The second-order valence-electron chi connectivity index (χ2n) is 6.96. The van der Waals surface area contributed by atoms with Crippen LogP contribution in [0, 0.1) is 17.8 Å². The molecule has 146 valence electrons. The fourth-order valence-electron chi connectivity index (χ4n) is 3.25. The molecule has 1 heterocycles. The summed E-state index contributed by atoms with van der Waals surface area (Å²) in [6.07, 6.45) is 9.05. The number of rotatable bonds is 6. The van der Waals surface area contributed by atoms with Crippen LogP contribution in [-0.4, -0.2) is 22.4 Å². The fourth-order valence-corrected chi connectivity index (χ4v) is 3.25. The minimum atomic E-state index is -0.303. The number of carbonyl (C=O) groups excluding carboxylic acids is 1. The summed E-state index contributed by atoms with van der Waals surface area (Å²) in [5.74, 6) is 7.10. The predicted octanol–water partition coefficient (Wildman–Crippen LogP) is 4.56. The fraction of sp³-hybridized carbons (Fsp3) is 0.409. The number of nitrogens with zero attached hydrogens (tertiary/aromatic N) is 2. The molecular formula is C22H27N5O. The molecule has 1 aliphatic rings. The van der Waals surface area contributed by atoms with Gasteiger partial charge in [0.15, 0.2) is 0 Å². The smallest absolute Gasteiger partial charge is 0.300 e. The summed E-state index contributed by atoms with van der Waals surface area (Å²) in [6.45, 7) is 2.87. The molecule has 2 aromatic rings. The lowest BCUT2D eigenvalue weighted by Crippen LogP contribution is -2.17. The van der Waals surface area contributed by atoms with E-state index in [1.165, 1.54) is 32.1 Å². The van der Waals surface area contributed by atoms with Gasteiger partial charge in [0.25, 0.3) is 5.91 Å². The number of carbonyl (C=O) groups is 1. The third-order valence-corrected chi connectivity index (χ3v) is 4.73. The summed E-state index contributed by atoms with van der Waals surface area (Å²) in [4.78, 5) is 20.5. The second kappa shape index (κ2) is 10.3. The van der Waals surface area contributed by atoms with Gasteiger partial charge in [-0.3, -0.25) is 4.79 Å². The highest BCUT2D eigenvalue weighted by atomic mass is 16.1. The van der Waals surface area contributed by atoms with Gasteiger partial charge < -0.3 is 16.0 Å². The highest BCUT2D eigenvalue weighted by Crippen LogP contribution is 2.24. The zero-order chi connectivity index (χ0) is 19.6. The van der Waals surface area contributed by atoms with Crippen molar-refractivity contribution in [1.82, 2.24) is 9.97 Å². The van der Waals surface area contributed by atoms with Crippen LogP contribution < -0.4 is 16.0 Å². The van der Waals surface area contributed by atoms with E-state index < -0.39 is 0 Å². The number of aromatic nitrogens is 2. The summed E-state index contributed by atoms with van der Waals surface area (Å²) in [6, 6.07) is 9.27. The lowest BCUT2D eigenvalue weighted by atomic mass is 9.89. The Morgan fingerprint density at radius 3 is 2.61 bits per heavy atom. The molecule has 1 aliphatic carbocycles. The first-order chi connectivity index (χ1) is 13.7. The number of anilines is 4. The molecular weight excluding hydrogens is 350 g/mol. The van der Waals surface area contributed by atoms with Gasteiger partial charge in [0.2, 0.25) is 5.95 Å². The lowest BCUT2D eigenvalue weighted by Gasteiger charge is -2.22. The molecule has 0 saturated heterocycles. The monoisotopic (exact) mass is 377 g/mol. The van der Waals surface area contributed by atoms with Crippen molar-refractivity contribution in [3.63, 3.8) is 0 Å². The Morgan fingerprint density at radius 1 is 1.11 bits per heavy atom. The van der Waals surface area contributed by atoms with Crippen LogP contribution in [0.3, 0.4) is 0 Å². The third kappa shape index (κ3) is 6.27. The molecule has 0 atom stereocenters. The quantitative estimate of drug-likeness (QED) is 0.643. The van der Waals surface area contributed by atoms with Crippen molar-refractivity contribution < 1.29 is 4.79 Å². The Bertz CT molecular complexity index is 832. The van der Waals surface area contributed by atoms with Crippen LogP contribution in [0.15, 0.2) is 36.5 Å². The van der Waals surface area contributed by atoms with E-state index in [0.29, 0.717) is 18.1 Å². The molecule has 0 aliphatic heterocycles. The first-order valence-corrected chi connectivity index (χ1v) is 9.97. The largest absolute Gasteiger partial charge is 0.370 e. The highest BCUT2D eigenvalue weighted by molar-refractivity contribution is 6.04. The zero-order valence-corrected chi connectivity index (χ0v) is 16.3. The van der Waals surface area contributed by atoms with E-state index in [2.05, 4.69) is 37.8 Å². The van der Waals surface area contributed by atoms with E-state index in [1.807, 2.05) is 37.3 Å². The molecule has 6 heteroatoms. The van der Waals surface area contributed by atoms with Crippen molar-refractivity contribution >= 4 is 29.0 Å². The molecule has 1 fully saturated rings. The van der Waals surface area contributed by atoms with Crippen LogP contribution in [0.5, 0.6) is 0 Å². The Hall–Kier alpha value is -3.07. The molecule has 0 radical (unpaired) electrons. The number of hydrogen-bond donors (Lipinski definition) is 3. The van der Waals surface area contributed by atoms with Gasteiger partial charge in [-0.05, 0) is 55.0 Å². The van der Waals surface area contributed by atoms with Crippen molar-refractivity contribution in [2.45, 2.75) is 45.4 Å². The van der Waals surface area contributed by atoms with Crippen molar-refractivity contribution in [2.75, 3.05) is 22.5 Å². The predicted molar refractivity (Wildman–Crippen MR) is 114 cm³/mol. The topological polar surface area (TPSA) is 78.9 Å². The van der Waals surface area contributed by atoms with Gasteiger partial charge in [-0.2, -0.15) is 4.98 Å². The summed E-state index contributed by atoms with van der Waals surface area (Å²) < 4.78 is 0. The maximum atomic E-state index is 11.6. The SMILES string of the molecule is CCC#CC(=O)Nc1ccc(Nc2nccc(NCC3CCCCC3)n2)cc1. The van der Waals surface area contributed by atoms with Gasteiger partial charge in [-0.15, -0.1) is 0 Å². The van der Waals surface area contributed by atoms with E-state index in [1.54, 1.807) is 6.20 Å². The van der Waals surface area contributed by atoms with E-state index in [4.69, 9.17) is 0 Å². The van der Waals surface area contributed by atoms with E-state index in [9.17, 15) is 4.79 Å². The molecule has 1 aromatic carbocycles. The lowest BCUT2D eigenvalue weighted by molar-refractivity contribution is -0.111. The molecule has 3 N–H and O–H groups in total. The number of nitrogens with one attached hydrogen (secondary N) is 3. The first-order valence-electron chi connectivity index (χ1n) is 9.97. The van der Waals surface area contributed by atoms with Crippen molar-refractivity contribution in [3.05, 3.63) is 36.5 Å². The van der Waals surface area contributed by atoms with Crippen molar-refractivity contribution in [2.24, 2.45) is 5.92 Å². The zero-order valence-electron chi connectivity index (χ0n) is 16.3. The summed E-state index contributed by atoms with van der Waals surface area (Å²) in [5, 5.41) is 9.37. The molecule has 0 bridgehead atoms. The second-order valence-corrected chi connectivity index (χ2v) is 6.96. The van der Waals surface area contributed by atoms with E-state index >= 15 is 0 Å². The van der Waals surface area contributed by atoms with Crippen molar-refractivity contribution in [1.29, 1.82) is 0 Å². The van der Waals surface area contributed by atoms with Crippen LogP contribution in [0.1, 0.15) is 45.4 Å². The Morgan fingerprint density at radius 2 is 1.86 bits per heavy atom. The average molecular weight is 377 g/mol. The normalized spacial score (nSPS) is 13.9. The van der Waals surface area contributed by atoms with Gasteiger partial charge in [-0.1, -0.05) is 32.1 Å². The van der Waals surface area contributed by atoms with Gasteiger partial charge in [0.05, 0.1) is 0 Å². The van der Waals surface area contributed by atoms with E-state index in [-0.39, 0.29) is 5.91 Å². The third-order valence-electron chi connectivity index (χ3n) is 4.73. The number of benzene rings is 1. The van der Waals surface area contributed by atoms with Gasteiger partial charge in [-0.25, -0.2) is 4.98 Å². The summed E-state index contributed by atoms with van der Waals surface area (Å²) in [5.41, 5.74) is 1.55. The maximum Gasteiger partial charge on any atom is 0.300 e. The first kappa shape index (κ1) is 19.7. The Balaban J connectivity index is 1.53. The number of hydrogen-bond acceptors (Lipinski definition) is 5.